The minimum Gasteiger partial charge on any atom is -0.449 e. The minimum absolute atomic E-state index is 0.0802. The van der Waals surface area contributed by atoms with E-state index in [9.17, 15) is 9.59 Å². The number of fused-ring (bicyclic) bond motifs is 1. The Morgan fingerprint density at radius 2 is 1.77 bits per heavy atom. The van der Waals surface area contributed by atoms with Gasteiger partial charge >= 0.3 is 5.97 Å². The van der Waals surface area contributed by atoms with Gasteiger partial charge in [-0.2, -0.15) is 0 Å². The number of carbonyl (C=O) groups is 2. The number of furan rings is 1. The van der Waals surface area contributed by atoms with Crippen molar-refractivity contribution in [2.75, 3.05) is 5.32 Å². The lowest BCUT2D eigenvalue weighted by Crippen LogP contribution is -2.30. The third-order valence-corrected chi connectivity index (χ3v) is 4.25. The standard InChI is InChI=1S/C19H15Cl2NO4/c1-10-15-5-3-4-6-16(15)26-17(10)19(24)25-11(2)18(23)22-14-8-12(20)7-13(21)9-14/h3-9,11H,1-2H3,(H,22,23)/t11-/m1/s1. The quantitative estimate of drug-likeness (QED) is 0.618. The van der Waals surface area contributed by atoms with Gasteiger partial charge in [-0.05, 0) is 38.1 Å². The first-order valence-corrected chi connectivity index (χ1v) is 8.57. The second-order valence-electron chi connectivity index (χ2n) is 5.75. The number of para-hydroxylation sites is 1. The summed E-state index contributed by atoms with van der Waals surface area (Å²) in [6.07, 6.45) is -1.03. The van der Waals surface area contributed by atoms with Gasteiger partial charge in [-0.25, -0.2) is 4.79 Å². The lowest BCUT2D eigenvalue weighted by Gasteiger charge is -2.13. The van der Waals surface area contributed by atoms with E-state index in [1.165, 1.54) is 6.92 Å². The van der Waals surface area contributed by atoms with Crippen LogP contribution in [0, 0.1) is 6.92 Å². The molecule has 0 aliphatic heterocycles. The van der Waals surface area contributed by atoms with E-state index in [-0.39, 0.29) is 5.76 Å². The fourth-order valence-corrected chi connectivity index (χ4v) is 3.03. The molecule has 0 saturated carbocycles. The number of esters is 1. The Morgan fingerprint density at radius 1 is 1.12 bits per heavy atom. The van der Waals surface area contributed by atoms with Gasteiger partial charge < -0.3 is 14.5 Å². The van der Waals surface area contributed by atoms with Crippen molar-refractivity contribution in [1.82, 2.24) is 0 Å². The van der Waals surface area contributed by atoms with Crippen LogP contribution in [0.4, 0.5) is 5.69 Å². The van der Waals surface area contributed by atoms with Gasteiger partial charge in [-0.1, -0.05) is 41.4 Å². The van der Waals surface area contributed by atoms with Gasteiger partial charge in [0.2, 0.25) is 5.76 Å². The highest BCUT2D eigenvalue weighted by atomic mass is 35.5. The van der Waals surface area contributed by atoms with E-state index >= 15 is 0 Å². The molecule has 26 heavy (non-hydrogen) atoms. The number of anilines is 1. The van der Waals surface area contributed by atoms with E-state index in [4.69, 9.17) is 32.4 Å². The lowest BCUT2D eigenvalue weighted by atomic mass is 10.1. The second-order valence-corrected chi connectivity index (χ2v) is 6.62. The number of aryl methyl sites for hydroxylation is 1. The summed E-state index contributed by atoms with van der Waals surface area (Å²) in [5.74, 6) is -1.13. The molecule has 0 unspecified atom stereocenters. The van der Waals surface area contributed by atoms with Gasteiger partial charge in [0.05, 0.1) is 0 Å². The number of ether oxygens (including phenoxy) is 1. The third kappa shape index (κ3) is 3.84. The lowest BCUT2D eigenvalue weighted by molar-refractivity contribution is -0.123. The maximum Gasteiger partial charge on any atom is 0.375 e. The van der Waals surface area contributed by atoms with Gasteiger partial charge in [-0.15, -0.1) is 0 Å². The zero-order valence-electron chi connectivity index (χ0n) is 14.0. The zero-order chi connectivity index (χ0) is 18.8. The molecule has 3 aromatic rings. The van der Waals surface area contributed by atoms with Crippen LogP contribution in [0.3, 0.4) is 0 Å². The summed E-state index contributed by atoms with van der Waals surface area (Å²) in [6, 6.07) is 11.9. The molecule has 1 atom stereocenters. The van der Waals surface area contributed by atoms with Crippen LogP contribution < -0.4 is 5.32 Å². The summed E-state index contributed by atoms with van der Waals surface area (Å²) in [5, 5.41) is 4.20. The summed E-state index contributed by atoms with van der Waals surface area (Å²) in [5.41, 5.74) is 1.66. The largest absolute Gasteiger partial charge is 0.449 e. The highest BCUT2D eigenvalue weighted by Crippen LogP contribution is 2.26. The molecule has 134 valence electrons. The normalized spacial score (nSPS) is 12.0. The zero-order valence-corrected chi connectivity index (χ0v) is 15.5. The third-order valence-electron chi connectivity index (χ3n) is 3.81. The minimum atomic E-state index is -1.03. The topological polar surface area (TPSA) is 68.5 Å². The first-order valence-electron chi connectivity index (χ1n) is 7.81. The average molecular weight is 392 g/mol. The molecule has 0 aliphatic carbocycles. The number of halogens is 2. The smallest absolute Gasteiger partial charge is 0.375 e. The van der Waals surface area contributed by atoms with Crippen molar-refractivity contribution in [2.24, 2.45) is 0 Å². The highest BCUT2D eigenvalue weighted by Gasteiger charge is 2.24. The molecule has 1 aromatic heterocycles. The number of nitrogens with one attached hydrogen (secondary N) is 1. The maximum atomic E-state index is 12.4. The van der Waals surface area contributed by atoms with Gasteiger partial charge in [0, 0.05) is 26.7 Å². The van der Waals surface area contributed by atoms with Crippen LogP contribution in [-0.4, -0.2) is 18.0 Å². The highest BCUT2D eigenvalue weighted by molar-refractivity contribution is 6.35. The molecule has 1 N–H and O–H groups in total. The molecule has 0 fully saturated rings. The van der Waals surface area contributed by atoms with Gasteiger partial charge in [0.25, 0.3) is 5.91 Å². The number of hydrogen-bond acceptors (Lipinski definition) is 4. The molecular formula is C19H15Cl2NO4. The van der Waals surface area contributed by atoms with Gasteiger partial charge in [0.1, 0.15) is 5.58 Å². The van der Waals surface area contributed by atoms with E-state index < -0.39 is 18.0 Å². The Kier molecular flexibility index (Phi) is 5.20. The van der Waals surface area contributed by atoms with Crippen molar-refractivity contribution in [3.8, 4) is 0 Å². The Hall–Kier alpha value is -2.50. The Bertz CT molecular complexity index is 976. The van der Waals surface area contributed by atoms with Crippen molar-refractivity contribution in [3.63, 3.8) is 0 Å². The summed E-state index contributed by atoms with van der Waals surface area (Å²) >= 11 is 11.8. The molecule has 0 bridgehead atoms. The van der Waals surface area contributed by atoms with Crippen LogP contribution in [0.2, 0.25) is 10.0 Å². The molecule has 2 aromatic carbocycles. The van der Waals surface area contributed by atoms with Crippen LogP contribution in [-0.2, 0) is 9.53 Å². The first-order chi connectivity index (χ1) is 12.3. The predicted molar refractivity (Wildman–Crippen MR) is 101 cm³/mol. The number of hydrogen-bond donors (Lipinski definition) is 1. The summed E-state index contributed by atoms with van der Waals surface area (Å²) < 4.78 is 10.8. The Balaban J connectivity index is 1.71. The Morgan fingerprint density at radius 3 is 2.42 bits per heavy atom. The molecule has 0 radical (unpaired) electrons. The van der Waals surface area contributed by atoms with E-state index in [1.54, 1.807) is 31.2 Å². The number of amides is 1. The fourth-order valence-electron chi connectivity index (χ4n) is 2.51. The molecule has 1 amide bonds. The van der Waals surface area contributed by atoms with Crippen LogP contribution in [0.5, 0.6) is 0 Å². The summed E-state index contributed by atoms with van der Waals surface area (Å²) in [4.78, 5) is 24.6. The molecular weight excluding hydrogens is 377 g/mol. The van der Waals surface area contributed by atoms with E-state index in [0.717, 1.165) is 5.39 Å². The molecule has 0 spiro atoms. The monoisotopic (exact) mass is 391 g/mol. The maximum absolute atomic E-state index is 12.4. The number of benzene rings is 2. The molecule has 3 rings (SSSR count). The van der Waals surface area contributed by atoms with Crippen molar-refractivity contribution < 1.29 is 18.7 Å². The fraction of sp³-hybridized carbons (Fsp3) is 0.158. The van der Waals surface area contributed by atoms with Gasteiger partial charge in [-0.3, -0.25) is 4.79 Å². The van der Waals surface area contributed by atoms with E-state index in [2.05, 4.69) is 5.32 Å². The summed E-state index contributed by atoms with van der Waals surface area (Å²) in [7, 11) is 0. The number of rotatable bonds is 4. The van der Waals surface area contributed by atoms with Gasteiger partial charge in [0.15, 0.2) is 6.10 Å². The molecule has 5 nitrogen and oxygen atoms in total. The van der Waals surface area contributed by atoms with Crippen LogP contribution >= 0.6 is 23.2 Å². The second kappa shape index (κ2) is 7.40. The van der Waals surface area contributed by atoms with E-state index in [1.807, 2.05) is 18.2 Å². The van der Waals surface area contributed by atoms with Crippen molar-refractivity contribution >= 4 is 51.7 Å². The molecule has 0 aliphatic rings. The molecule has 1 heterocycles. The first kappa shape index (κ1) is 18.3. The van der Waals surface area contributed by atoms with E-state index in [0.29, 0.717) is 26.9 Å². The number of carbonyl (C=O) groups excluding carboxylic acids is 2. The summed E-state index contributed by atoms with van der Waals surface area (Å²) in [6.45, 7) is 3.23. The predicted octanol–water partition coefficient (Wildman–Crippen LogP) is 5.23. The Labute approximate surface area is 159 Å². The molecule has 0 saturated heterocycles. The van der Waals surface area contributed by atoms with Crippen molar-refractivity contribution in [2.45, 2.75) is 20.0 Å². The van der Waals surface area contributed by atoms with Crippen LogP contribution in [0.1, 0.15) is 23.0 Å². The van der Waals surface area contributed by atoms with Crippen molar-refractivity contribution in [3.05, 3.63) is 63.8 Å². The van der Waals surface area contributed by atoms with Crippen LogP contribution in [0.15, 0.2) is 46.9 Å². The molecule has 7 heteroatoms. The average Bonchev–Trinajstić information content (AvgIpc) is 2.91. The van der Waals surface area contributed by atoms with Crippen molar-refractivity contribution in [1.29, 1.82) is 0 Å². The SMILES string of the molecule is Cc1c(C(=O)O[C@H](C)C(=O)Nc2cc(Cl)cc(Cl)c2)oc2ccccc12. The van der Waals surface area contributed by atoms with Crippen LogP contribution in [0.25, 0.3) is 11.0 Å².